The first-order chi connectivity index (χ1) is 10.6. The van der Waals surface area contributed by atoms with E-state index < -0.39 is 23.3 Å². The van der Waals surface area contributed by atoms with E-state index >= 15 is 0 Å². The van der Waals surface area contributed by atoms with Gasteiger partial charge in [0.25, 0.3) is 5.56 Å². The molecule has 3 rings (SSSR count). The van der Waals surface area contributed by atoms with Crippen molar-refractivity contribution in [3.63, 3.8) is 0 Å². The first-order valence-corrected chi connectivity index (χ1v) is 6.64. The van der Waals surface area contributed by atoms with Crippen molar-refractivity contribution in [2.24, 2.45) is 0 Å². The Morgan fingerprint density at radius 1 is 1.09 bits per heavy atom. The second-order valence-electron chi connectivity index (χ2n) is 4.87. The fraction of sp³-hybridized carbons (Fsp3) is 0.125. The van der Waals surface area contributed by atoms with Crippen LogP contribution >= 0.6 is 0 Å². The van der Waals surface area contributed by atoms with Crippen LogP contribution in [0.2, 0.25) is 0 Å². The van der Waals surface area contributed by atoms with Crippen molar-refractivity contribution in [3.8, 4) is 0 Å². The lowest BCUT2D eigenvalue weighted by Crippen LogP contribution is -2.24. The van der Waals surface area contributed by atoms with E-state index in [1.54, 1.807) is 24.3 Å². The Hall–Kier alpha value is -2.60. The molecule has 1 heterocycles. The van der Waals surface area contributed by atoms with Crippen LogP contribution in [0.15, 0.2) is 53.6 Å². The van der Waals surface area contributed by atoms with Crippen molar-refractivity contribution >= 4 is 10.9 Å². The molecule has 1 N–H and O–H groups in total. The van der Waals surface area contributed by atoms with E-state index in [0.717, 1.165) is 16.7 Å². The van der Waals surface area contributed by atoms with Gasteiger partial charge in [0.1, 0.15) is 17.7 Å². The number of rotatable bonds is 3. The molecule has 0 fully saturated rings. The van der Waals surface area contributed by atoms with Gasteiger partial charge in [-0.2, -0.15) is 0 Å². The molecule has 0 bridgehead atoms. The van der Waals surface area contributed by atoms with Gasteiger partial charge in [-0.25, -0.2) is 13.8 Å². The highest BCUT2D eigenvalue weighted by Gasteiger charge is 2.19. The lowest BCUT2D eigenvalue weighted by atomic mass is 10.1. The van der Waals surface area contributed by atoms with E-state index in [4.69, 9.17) is 0 Å². The van der Waals surface area contributed by atoms with Crippen molar-refractivity contribution in [2.75, 3.05) is 0 Å². The van der Waals surface area contributed by atoms with E-state index in [9.17, 15) is 18.7 Å². The number of fused-ring (bicyclic) bond motifs is 1. The normalized spacial score (nSPS) is 12.5. The molecule has 3 aromatic rings. The molecule has 0 aliphatic carbocycles. The highest BCUT2D eigenvalue weighted by Crippen LogP contribution is 2.21. The molecule has 0 spiro atoms. The summed E-state index contributed by atoms with van der Waals surface area (Å²) in [7, 11) is 0. The number of benzene rings is 2. The number of hydrogen-bond donors (Lipinski definition) is 1. The molecule has 0 aliphatic rings. The summed E-state index contributed by atoms with van der Waals surface area (Å²) >= 11 is 0. The SMILES string of the molecule is O=c1c2ccccc2ncn1CC(O)c1c(F)cccc1F. The maximum Gasteiger partial charge on any atom is 0.261 e. The molecule has 0 amide bonds. The summed E-state index contributed by atoms with van der Waals surface area (Å²) < 4.78 is 28.4. The van der Waals surface area contributed by atoms with Crippen molar-refractivity contribution < 1.29 is 13.9 Å². The van der Waals surface area contributed by atoms with Crippen LogP contribution in [0.5, 0.6) is 0 Å². The standard InChI is InChI=1S/C16H12F2N2O2/c17-11-5-3-6-12(18)15(11)14(21)8-20-9-19-13-7-2-1-4-10(13)16(20)22/h1-7,9,14,21H,8H2. The zero-order chi connectivity index (χ0) is 15.7. The number of nitrogens with zero attached hydrogens (tertiary/aromatic N) is 2. The molecule has 0 radical (unpaired) electrons. The molecule has 1 atom stereocenters. The van der Waals surface area contributed by atoms with Gasteiger partial charge in [0.15, 0.2) is 0 Å². The van der Waals surface area contributed by atoms with Crippen LogP contribution < -0.4 is 5.56 Å². The number of aromatic nitrogens is 2. The van der Waals surface area contributed by atoms with Crippen LogP contribution in [-0.2, 0) is 6.54 Å². The predicted octanol–water partition coefficient (Wildman–Crippen LogP) is 2.41. The Labute approximate surface area is 124 Å². The van der Waals surface area contributed by atoms with Gasteiger partial charge in [0.2, 0.25) is 0 Å². The molecule has 1 aromatic heterocycles. The van der Waals surface area contributed by atoms with E-state index in [0.29, 0.717) is 10.9 Å². The quantitative estimate of drug-likeness (QED) is 0.808. The van der Waals surface area contributed by atoms with Crippen LogP contribution in [0.3, 0.4) is 0 Å². The van der Waals surface area contributed by atoms with E-state index in [1.807, 2.05) is 0 Å². The third-order valence-electron chi connectivity index (χ3n) is 3.43. The lowest BCUT2D eigenvalue weighted by Gasteiger charge is -2.14. The summed E-state index contributed by atoms with van der Waals surface area (Å²) in [5.74, 6) is -1.71. The monoisotopic (exact) mass is 302 g/mol. The fourth-order valence-electron chi connectivity index (χ4n) is 2.34. The van der Waals surface area contributed by atoms with E-state index in [2.05, 4.69) is 4.98 Å². The molecule has 112 valence electrons. The molecule has 0 saturated carbocycles. The zero-order valence-corrected chi connectivity index (χ0v) is 11.4. The van der Waals surface area contributed by atoms with Gasteiger partial charge in [-0.3, -0.25) is 9.36 Å². The molecule has 4 nitrogen and oxygen atoms in total. The highest BCUT2D eigenvalue weighted by atomic mass is 19.1. The minimum Gasteiger partial charge on any atom is -0.386 e. The molecule has 2 aromatic carbocycles. The van der Waals surface area contributed by atoms with Gasteiger partial charge < -0.3 is 5.11 Å². The molecular formula is C16H12F2N2O2. The summed E-state index contributed by atoms with van der Waals surface area (Å²) in [6.45, 7) is -0.283. The summed E-state index contributed by atoms with van der Waals surface area (Å²) in [6.07, 6.45) is -0.228. The van der Waals surface area contributed by atoms with Crippen molar-refractivity contribution in [3.05, 3.63) is 76.3 Å². The van der Waals surface area contributed by atoms with Gasteiger partial charge in [0, 0.05) is 0 Å². The van der Waals surface area contributed by atoms with E-state index in [1.165, 1.54) is 12.4 Å². The number of aliphatic hydroxyl groups is 1. The lowest BCUT2D eigenvalue weighted by molar-refractivity contribution is 0.145. The highest BCUT2D eigenvalue weighted by molar-refractivity contribution is 5.76. The molecule has 0 aliphatic heterocycles. The Morgan fingerprint density at radius 3 is 2.50 bits per heavy atom. The Morgan fingerprint density at radius 2 is 1.77 bits per heavy atom. The summed E-state index contributed by atoms with van der Waals surface area (Å²) in [4.78, 5) is 16.4. The molecular weight excluding hydrogens is 290 g/mol. The topological polar surface area (TPSA) is 55.1 Å². The van der Waals surface area contributed by atoms with Gasteiger partial charge in [-0.15, -0.1) is 0 Å². The third kappa shape index (κ3) is 2.48. The number of halogens is 2. The predicted molar refractivity (Wildman–Crippen MR) is 77.3 cm³/mol. The fourth-order valence-corrected chi connectivity index (χ4v) is 2.34. The minimum absolute atomic E-state index is 0.283. The van der Waals surface area contributed by atoms with Crippen LogP contribution in [0.25, 0.3) is 10.9 Å². The third-order valence-corrected chi connectivity index (χ3v) is 3.43. The van der Waals surface area contributed by atoms with Crippen molar-refractivity contribution in [1.82, 2.24) is 9.55 Å². The summed E-state index contributed by atoms with van der Waals surface area (Å²) in [5, 5.41) is 10.4. The van der Waals surface area contributed by atoms with Crippen LogP contribution in [0, 0.1) is 11.6 Å². The Bertz CT molecular complexity index is 872. The van der Waals surface area contributed by atoms with Crippen molar-refractivity contribution in [1.29, 1.82) is 0 Å². The van der Waals surface area contributed by atoms with E-state index in [-0.39, 0.29) is 12.1 Å². The second-order valence-corrected chi connectivity index (χ2v) is 4.87. The van der Waals surface area contributed by atoms with Crippen LogP contribution in [-0.4, -0.2) is 14.7 Å². The molecule has 22 heavy (non-hydrogen) atoms. The van der Waals surface area contributed by atoms with Gasteiger partial charge in [-0.1, -0.05) is 18.2 Å². The van der Waals surface area contributed by atoms with Crippen molar-refractivity contribution in [2.45, 2.75) is 12.6 Å². The van der Waals surface area contributed by atoms with Crippen LogP contribution in [0.1, 0.15) is 11.7 Å². The minimum atomic E-state index is -1.48. The number of para-hydroxylation sites is 1. The van der Waals surface area contributed by atoms with Gasteiger partial charge in [-0.05, 0) is 24.3 Å². The number of hydrogen-bond acceptors (Lipinski definition) is 3. The second kappa shape index (κ2) is 5.65. The largest absolute Gasteiger partial charge is 0.386 e. The first kappa shape index (κ1) is 14.3. The number of aliphatic hydroxyl groups excluding tert-OH is 1. The first-order valence-electron chi connectivity index (χ1n) is 6.64. The summed E-state index contributed by atoms with van der Waals surface area (Å²) in [5.41, 5.74) is -0.306. The maximum absolute atomic E-state index is 13.7. The zero-order valence-electron chi connectivity index (χ0n) is 11.4. The molecule has 1 unspecified atom stereocenters. The average Bonchev–Trinajstić information content (AvgIpc) is 2.50. The smallest absolute Gasteiger partial charge is 0.261 e. The Kier molecular flexibility index (Phi) is 3.68. The van der Waals surface area contributed by atoms with Crippen LogP contribution in [0.4, 0.5) is 8.78 Å². The summed E-state index contributed by atoms with van der Waals surface area (Å²) in [6, 6.07) is 10.1. The molecule has 6 heteroatoms. The van der Waals surface area contributed by atoms with Gasteiger partial charge >= 0.3 is 0 Å². The molecule has 0 saturated heterocycles. The Balaban J connectivity index is 2.00. The average molecular weight is 302 g/mol. The van der Waals surface area contributed by atoms with Gasteiger partial charge in [0.05, 0.1) is 29.3 Å². The maximum atomic E-state index is 13.7.